The van der Waals surface area contributed by atoms with Crippen LogP contribution in [0.4, 0.5) is 0 Å². The predicted molar refractivity (Wildman–Crippen MR) is 66.1 cm³/mol. The quantitative estimate of drug-likeness (QED) is 0.647. The van der Waals surface area contributed by atoms with Gasteiger partial charge in [0.15, 0.2) is 0 Å². The lowest BCUT2D eigenvalue weighted by molar-refractivity contribution is 0.720. The maximum Gasteiger partial charge on any atom is 0.0259 e. The number of hydrogen-bond acceptors (Lipinski definition) is 5. The summed E-state index contributed by atoms with van der Waals surface area (Å²) < 4.78 is 0. The molecule has 1 atom stereocenters. The molecule has 1 aliphatic heterocycles. The lowest BCUT2D eigenvalue weighted by Gasteiger charge is -2.09. The standard InChI is InChI=1S/C6H12S5/c1-2-3-4-6-5-7-9-11-10-8-6/h6H,2-5H2,1H3/t6-/m1/s1. The van der Waals surface area contributed by atoms with Gasteiger partial charge in [-0.1, -0.05) is 41.4 Å². The molecule has 0 unspecified atom stereocenters. The predicted octanol–water partition coefficient (Wildman–Crippen LogP) is 4.88. The van der Waals surface area contributed by atoms with Gasteiger partial charge < -0.3 is 0 Å². The lowest BCUT2D eigenvalue weighted by atomic mass is 10.2. The van der Waals surface area contributed by atoms with E-state index in [0.29, 0.717) is 0 Å². The normalized spacial score (nSPS) is 26.5. The Morgan fingerprint density at radius 3 is 3.00 bits per heavy atom. The third-order valence-corrected chi connectivity index (χ3v) is 10.8. The summed E-state index contributed by atoms with van der Waals surface area (Å²) in [6.45, 7) is 2.27. The Labute approximate surface area is 87.8 Å². The summed E-state index contributed by atoms with van der Waals surface area (Å²) in [6, 6.07) is 0. The van der Waals surface area contributed by atoms with Crippen molar-refractivity contribution in [3.63, 3.8) is 0 Å². The van der Waals surface area contributed by atoms with Gasteiger partial charge in [0, 0.05) is 11.0 Å². The average Bonchev–Trinajstić information content (AvgIpc) is 2.28. The van der Waals surface area contributed by atoms with Crippen LogP contribution in [0.3, 0.4) is 0 Å². The van der Waals surface area contributed by atoms with E-state index in [1.807, 2.05) is 40.3 Å². The van der Waals surface area contributed by atoms with Crippen LogP contribution in [0.2, 0.25) is 0 Å². The van der Waals surface area contributed by atoms with Crippen molar-refractivity contribution in [2.75, 3.05) is 5.75 Å². The highest BCUT2D eigenvalue weighted by atomic mass is 33.8. The molecule has 66 valence electrons. The Hall–Kier alpha value is 1.75. The first-order chi connectivity index (χ1) is 5.43. The second-order valence-corrected chi connectivity index (χ2v) is 10.4. The Bertz CT molecular complexity index is 89.0. The van der Waals surface area contributed by atoms with E-state index in [4.69, 9.17) is 0 Å². The van der Waals surface area contributed by atoms with Crippen molar-refractivity contribution in [3.8, 4) is 0 Å². The Morgan fingerprint density at radius 2 is 2.18 bits per heavy atom. The Balaban J connectivity index is 2.09. The summed E-state index contributed by atoms with van der Waals surface area (Å²) in [6.07, 6.45) is 4.14. The largest absolute Gasteiger partial charge is 0.0805 e. The second-order valence-electron chi connectivity index (χ2n) is 2.35. The molecule has 1 rings (SSSR count). The molecule has 0 spiro atoms. The molecular weight excluding hydrogens is 232 g/mol. The zero-order chi connectivity index (χ0) is 7.94. The first kappa shape index (κ1) is 10.8. The van der Waals surface area contributed by atoms with Crippen LogP contribution in [0.5, 0.6) is 0 Å². The van der Waals surface area contributed by atoms with Gasteiger partial charge in [-0.2, -0.15) is 0 Å². The second kappa shape index (κ2) is 7.18. The van der Waals surface area contributed by atoms with E-state index in [2.05, 4.69) is 17.7 Å². The van der Waals surface area contributed by atoms with Crippen LogP contribution in [-0.4, -0.2) is 11.0 Å². The number of rotatable bonds is 3. The summed E-state index contributed by atoms with van der Waals surface area (Å²) in [5.41, 5.74) is 0. The van der Waals surface area contributed by atoms with Crippen molar-refractivity contribution >= 4 is 51.1 Å². The maximum atomic E-state index is 2.27. The SMILES string of the molecule is CCCC[C@@H]1CSSSSS1. The van der Waals surface area contributed by atoms with E-state index in [-0.39, 0.29) is 0 Å². The van der Waals surface area contributed by atoms with E-state index in [1.54, 1.807) is 0 Å². The van der Waals surface area contributed by atoms with Crippen LogP contribution in [0.1, 0.15) is 26.2 Å². The molecule has 0 nitrogen and oxygen atoms in total. The van der Waals surface area contributed by atoms with Gasteiger partial charge in [-0.3, -0.25) is 0 Å². The van der Waals surface area contributed by atoms with Crippen LogP contribution < -0.4 is 0 Å². The first-order valence-corrected chi connectivity index (χ1v) is 10.1. The summed E-state index contributed by atoms with van der Waals surface area (Å²) in [5, 5.41) is 0.896. The molecule has 0 aromatic carbocycles. The topological polar surface area (TPSA) is 0 Å². The Kier molecular flexibility index (Phi) is 7.07. The van der Waals surface area contributed by atoms with Crippen LogP contribution in [-0.2, 0) is 0 Å². The van der Waals surface area contributed by atoms with Gasteiger partial charge >= 0.3 is 0 Å². The van der Waals surface area contributed by atoms with Gasteiger partial charge in [-0.25, -0.2) is 0 Å². The van der Waals surface area contributed by atoms with Crippen LogP contribution in [0.25, 0.3) is 0 Å². The van der Waals surface area contributed by atoms with Crippen LogP contribution >= 0.6 is 51.1 Å². The molecule has 5 heteroatoms. The first-order valence-electron chi connectivity index (χ1n) is 3.71. The molecule has 0 saturated carbocycles. The number of unbranched alkanes of at least 4 members (excludes halogenated alkanes) is 1. The molecule has 0 aromatic heterocycles. The summed E-state index contributed by atoms with van der Waals surface area (Å²) >= 11 is 0. The van der Waals surface area contributed by atoms with Gasteiger partial charge in [0.1, 0.15) is 0 Å². The number of hydrogen-bond donors (Lipinski definition) is 0. The molecule has 0 amide bonds. The minimum absolute atomic E-state index is 0.896. The molecule has 0 bridgehead atoms. The minimum Gasteiger partial charge on any atom is -0.0805 e. The zero-order valence-corrected chi connectivity index (χ0v) is 10.5. The summed E-state index contributed by atoms with van der Waals surface area (Å²) in [4.78, 5) is 0. The summed E-state index contributed by atoms with van der Waals surface area (Å²) in [7, 11) is 9.86. The maximum absolute atomic E-state index is 2.27. The van der Waals surface area contributed by atoms with E-state index in [1.165, 1.54) is 25.0 Å². The fraction of sp³-hybridized carbons (Fsp3) is 1.00. The van der Waals surface area contributed by atoms with Crippen molar-refractivity contribution in [3.05, 3.63) is 0 Å². The van der Waals surface area contributed by atoms with Gasteiger partial charge in [0.05, 0.1) is 0 Å². The average molecular weight is 244 g/mol. The fourth-order valence-corrected chi connectivity index (χ4v) is 11.1. The van der Waals surface area contributed by atoms with Gasteiger partial charge in [0.2, 0.25) is 0 Å². The Morgan fingerprint density at radius 1 is 1.27 bits per heavy atom. The molecule has 1 heterocycles. The van der Waals surface area contributed by atoms with Crippen molar-refractivity contribution < 1.29 is 0 Å². The lowest BCUT2D eigenvalue weighted by Crippen LogP contribution is -2.02. The molecule has 0 aromatic rings. The molecule has 11 heavy (non-hydrogen) atoms. The van der Waals surface area contributed by atoms with E-state index in [0.717, 1.165) is 5.25 Å². The highest BCUT2D eigenvalue weighted by molar-refractivity contribution is 9.36. The van der Waals surface area contributed by atoms with Crippen molar-refractivity contribution in [2.45, 2.75) is 31.4 Å². The van der Waals surface area contributed by atoms with Crippen molar-refractivity contribution in [2.24, 2.45) is 0 Å². The fourth-order valence-electron chi connectivity index (χ4n) is 0.797. The van der Waals surface area contributed by atoms with Gasteiger partial charge in [-0.05, 0) is 35.9 Å². The molecular formula is C6H12S5. The molecule has 0 aliphatic carbocycles. The molecule has 1 saturated heterocycles. The molecule has 0 N–H and O–H groups in total. The molecule has 1 fully saturated rings. The van der Waals surface area contributed by atoms with E-state index in [9.17, 15) is 0 Å². The van der Waals surface area contributed by atoms with Crippen molar-refractivity contribution in [1.82, 2.24) is 0 Å². The van der Waals surface area contributed by atoms with Gasteiger partial charge in [-0.15, -0.1) is 0 Å². The zero-order valence-electron chi connectivity index (χ0n) is 6.45. The van der Waals surface area contributed by atoms with Crippen LogP contribution in [0, 0.1) is 0 Å². The highest BCUT2D eigenvalue weighted by Gasteiger charge is 2.13. The molecule has 1 aliphatic rings. The molecule has 0 radical (unpaired) electrons. The third kappa shape index (κ3) is 5.13. The van der Waals surface area contributed by atoms with Gasteiger partial charge in [0.25, 0.3) is 0 Å². The van der Waals surface area contributed by atoms with E-state index < -0.39 is 0 Å². The summed E-state index contributed by atoms with van der Waals surface area (Å²) in [5.74, 6) is 1.33. The van der Waals surface area contributed by atoms with Crippen LogP contribution in [0.15, 0.2) is 0 Å². The third-order valence-electron chi connectivity index (χ3n) is 1.41. The van der Waals surface area contributed by atoms with Crippen molar-refractivity contribution in [1.29, 1.82) is 0 Å². The monoisotopic (exact) mass is 244 g/mol. The minimum atomic E-state index is 0.896. The smallest absolute Gasteiger partial charge is 0.0259 e. The van der Waals surface area contributed by atoms with E-state index >= 15 is 0 Å². The highest BCUT2D eigenvalue weighted by Crippen LogP contribution is 2.54.